The number of nitrogens with one attached hydrogen (secondary N) is 1. The van der Waals surface area contributed by atoms with Gasteiger partial charge in [0.25, 0.3) is 0 Å². The monoisotopic (exact) mass is 280 g/mol. The zero-order valence-electron chi connectivity index (χ0n) is 11.1. The lowest BCUT2D eigenvalue weighted by molar-refractivity contribution is 0.598. The van der Waals surface area contributed by atoms with E-state index in [4.69, 9.17) is 5.84 Å². The lowest BCUT2D eigenvalue weighted by atomic mass is 9.99. The molecule has 0 fully saturated rings. The van der Waals surface area contributed by atoms with Gasteiger partial charge in [0, 0.05) is 0 Å². The molecule has 0 saturated carbocycles. The van der Waals surface area contributed by atoms with Crippen LogP contribution in [0.4, 0.5) is 4.39 Å². The number of aryl methyl sites for hydroxylation is 1. The predicted molar refractivity (Wildman–Crippen MR) is 74.3 cm³/mol. The van der Waals surface area contributed by atoms with Crippen molar-refractivity contribution in [3.63, 3.8) is 0 Å². The number of hydrogen-bond donors (Lipinski definition) is 2. The van der Waals surface area contributed by atoms with E-state index in [9.17, 15) is 4.39 Å². The van der Waals surface area contributed by atoms with Crippen molar-refractivity contribution >= 4 is 11.5 Å². The second kappa shape index (κ2) is 5.73. The summed E-state index contributed by atoms with van der Waals surface area (Å²) in [6, 6.07) is 4.84. The molecule has 0 amide bonds. The molecule has 0 bridgehead atoms. The maximum atomic E-state index is 13.7. The molecule has 1 unspecified atom stereocenters. The van der Waals surface area contributed by atoms with Gasteiger partial charge in [-0.05, 0) is 41.6 Å². The average Bonchev–Trinajstić information content (AvgIpc) is 2.84. The lowest BCUT2D eigenvalue weighted by Crippen LogP contribution is -2.29. The van der Waals surface area contributed by atoms with E-state index >= 15 is 0 Å². The summed E-state index contributed by atoms with van der Waals surface area (Å²) in [5.74, 6) is 5.65. The first-order valence-electron chi connectivity index (χ1n) is 6.09. The van der Waals surface area contributed by atoms with Crippen LogP contribution in [0.15, 0.2) is 18.2 Å². The summed E-state index contributed by atoms with van der Waals surface area (Å²) >= 11 is 1.29. The molecular formula is C13H17FN4S. The maximum Gasteiger partial charge on any atom is 0.126 e. The fourth-order valence-electron chi connectivity index (χ4n) is 1.92. The summed E-state index contributed by atoms with van der Waals surface area (Å²) < 4.78 is 17.7. The number of halogens is 1. The minimum absolute atomic E-state index is 0.235. The van der Waals surface area contributed by atoms with Crippen molar-refractivity contribution in [1.29, 1.82) is 0 Å². The van der Waals surface area contributed by atoms with E-state index in [-0.39, 0.29) is 17.8 Å². The molecule has 0 saturated heterocycles. The highest BCUT2D eigenvalue weighted by molar-refractivity contribution is 7.05. The molecule has 19 heavy (non-hydrogen) atoms. The molecule has 3 N–H and O–H groups in total. The van der Waals surface area contributed by atoms with Crippen molar-refractivity contribution in [2.45, 2.75) is 32.7 Å². The van der Waals surface area contributed by atoms with Gasteiger partial charge in [0.05, 0.1) is 16.6 Å². The largest absolute Gasteiger partial charge is 0.271 e. The number of hydrazine groups is 1. The van der Waals surface area contributed by atoms with Crippen molar-refractivity contribution in [1.82, 2.24) is 15.0 Å². The first kappa shape index (κ1) is 14.0. The molecular weight excluding hydrogens is 263 g/mol. The van der Waals surface area contributed by atoms with Gasteiger partial charge in [0.1, 0.15) is 5.82 Å². The molecule has 0 aliphatic rings. The molecule has 1 heterocycles. The Morgan fingerprint density at radius 3 is 2.68 bits per heavy atom. The number of hydrogen-bond acceptors (Lipinski definition) is 5. The Hall–Kier alpha value is -1.37. The molecule has 0 aliphatic heterocycles. The Bertz CT molecular complexity index is 568. The van der Waals surface area contributed by atoms with E-state index in [0.29, 0.717) is 5.56 Å². The Morgan fingerprint density at radius 1 is 1.37 bits per heavy atom. The first-order chi connectivity index (χ1) is 9.04. The summed E-state index contributed by atoms with van der Waals surface area (Å²) in [6.45, 7) is 5.82. The van der Waals surface area contributed by atoms with Gasteiger partial charge in [0.15, 0.2) is 0 Å². The van der Waals surface area contributed by atoms with E-state index in [1.807, 2.05) is 19.9 Å². The minimum atomic E-state index is -0.285. The topological polar surface area (TPSA) is 63.8 Å². The second-order valence-electron chi connectivity index (χ2n) is 4.79. The van der Waals surface area contributed by atoms with Gasteiger partial charge in [-0.1, -0.05) is 30.5 Å². The van der Waals surface area contributed by atoms with Gasteiger partial charge in [-0.3, -0.25) is 5.84 Å². The molecule has 0 radical (unpaired) electrons. The van der Waals surface area contributed by atoms with E-state index in [2.05, 4.69) is 15.0 Å². The molecule has 2 aromatic rings. The van der Waals surface area contributed by atoms with Gasteiger partial charge in [-0.2, -0.15) is 0 Å². The van der Waals surface area contributed by atoms with Crippen LogP contribution < -0.4 is 11.3 Å². The fourth-order valence-corrected chi connectivity index (χ4v) is 2.81. The third-order valence-corrected chi connectivity index (χ3v) is 3.85. The molecule has 102 valence electrons. The number of rotatable bonds is 4. The van der Waals surface area contributed by atoms with E-state index < -0.39 is 0 Å². The van der Waals surface area contributed by atoms with Crippen LogP contribution in [0, 0.1) is 12.7 Å². The average molecular weight is 280 g/mol. The van der Waals surface area contributed by atoms with Gasteiger partial charge in [0.2, 0.25) is 0 Å². The zero-order valence-corrected chi connectivity index (χ0v) is 12.0. The third-order valence-electron chi connectivity index (χ3n) is 3.05. The molecule has 1 aromatic carbocycles. The van der Waals surface area contributed by atoms with Crippen LogP contribution in [0.2, 0.25) is 0 Å². The molecule has 0 spiro atoms. The Morgan fingerprint density at radius 2 is 2.11 bits per heavy atom. The summed E-state index contributed by atoms with van der Waals surface area (Å²) in [7, 11) is 0. The van der Waals surface area contributed by atoms with Gasteiger partial charge in [-0.25, -0.2) is 9.82 Å². The first-order valence-corrected chi connectivity index (χ1v) is 6.86. The standard InChI is InChI=1S/C13H17FN4S/c1-7(2)11-13(19-18-17-11)12(16-15)9-5-4-8(3)10(14)6-9/h4-7,12,16H,15H2,1-3H3. The third kappa shape index (κ3) is 2.80. The predicted octanol–water partition coefficient (Wildman–Crippen LogP) is 2.66. The number of nitrogens with two attached hydrogens (primary N) is 1. The van der Waals surface area contributed by atoms with E-state index in [1.54, 1.807) is 13.0 Å². The minimum Gasteiger partial charge on any atom is -0.271 e. The van der Waals surface area contributed by atoms with Crippen LogP contribution >= 0.6 is 11.5 Å². The zero-order chi connectivity index (χ0) is 14.0. The van der Waals surface area contributed by atoms with Gasteiger partial charge < -0.3 is 0 Å². The van der Waals surface area contributed by atoms with Crippen molar-refractivity contribution in [2.75, 3.05) is 0 Å². The van der Waals surface area contributed by atoms with Crippen LogP contribution in [0.25, 0.3) is 0 Å². The molecule has 4 nitrogen and oxygen atoms in total. The molecule has 6 heteroatoms. The van der Waals surface area contributed by atoms with E-state index in [0.717, 1.165) is 16.1 Å². The molecule has 1 aromatic heterocycles. The Balaban J connectivity index is 2.44. The van der Waals surface area contributed by atoms with Crippen LogP contribution in [0.3, 0.4) is 0 Å². The Kier molecular flexibility index (Phi) is 4.24. The van der Waals surface area contributed by atoms with Crippen molar-refractivity contribution < 1.29 is 4.39 Å². The van der Waals surface area contributed by atoms with Crippen LogP contribution in [-0.4, -0.2) is 9.59 Å². The summed E-state index contributed by atoms with van der Waals surface area (Å²) in [5.41, 5.74) is 5.02. The number of benzene rings is 1. The summed E-state index contributed by atoms with van der Waals surface area (Å²) in [4.78, 5) is 0.931. The number of nitrogens with zero attached hydrogens (tertiary/aromatic N) is 2. The van der Waals surface area contributed by atoms with Crippen molar-refractivity contribution in [2.24, 2.45) is 5.84 Å². The SMILES string of the molecule is Cc1ccc(C(NN)c2snnc2C(C)C)cc1F. The highest BCUT2D eigenvalue weighted by Crippen LogP contribution is 2.30. The van der Waals surface area contributed by atoms with Crippen molar-refractivity contribution in [3.05, 3.63) is 45.7 Å². The molecule has 0 aliphatic carbocycles. The normalized spacial score (nSPS) is 12.9. The van der Waals surface area contributed by atoms with E-state index in [1.165, 1.54) is 17.6 Å². The van der Waals surface area contributed by atoms with Crippen LogP contribution in [0.1, 0.15) is 47.5 Å². The van der Waals surface area contributed by atoms with Crippen LogP contribution in [0.5, 0.6) is 0 Å². The summed E-state index contributed by atoms with van der Waals surface area (Å²) in [6.07, 6.45) is 0. The van der Waals surface area contributed by atoms with Gasteiger partial charge >= 0.3 is 0 Å². The Labute approximate surface area is 116 Å². The molecule has 1 atom stereocenters. The lowest BCUT2D eigenvalue weighted by Gasteiger charge is -2.17. The van der Waals surface area contributed by atoms with Crippen molar-refractivity contribution in [3.8, 4) is 0 Å². The maximum absolute atomic E-state index is 13.7. The summed E-state index contributed by atoms with van der Waals surface area (Å²) in [5, 5.41) is 4.13. The quantitative estimate of drug-likeness (QED) is 0.667. The molecule has 2 rings (SSSR count). The number of aromatic nitrogens is 2. The smallest absolute Gasteiger partial charge is 0.126 e. The highest BCUT2D eigenvalue weighted by atomic mass is 32.1. The van der Waals surface area contributed by atoms with Gasteiger partial charge in [-0.15, -0.1) is 5.10 Å². The fraction of sp³-hybridized carbons (Fsp3) is 0.385. The highest BCUT2D eigenvalue weighted by Gasteiger charge is 2.22. The van der Waals surface area contributed by atoms with Crippen LogP contribution in [-0.2, 0) is 0 Å². The second-order valence-corrected chi connectivity index (χ2v) is 5.57.